The maximum atomic E-state index is 11.7. The fourth-order valence-electron chi connectivity index (χ4n) is 1.53. The maximum absolute atomic E-state index is 11.7. The number of nitriles is 1. The van der Waals surface area contributed by atoms with Crippen molar-refractivity contribution in [1.82, 2.24) is 20.1 Å². The Balaban J connectivity index is 2.47. The smallest absolute Gasteiger partial charge is 0.255 e. The molecule has 0 unspecified atom stereocenters. The van der Waals surface area contributed by atoms with Gasteiger partial charge in [-0.15, -0.1) is 0 Å². The number of rotatable bonds is 3. The van der Waals surface area contributed by atoms with Gasteiger partial charge in [-0.1, -0.05) is 6.07 Å². The van der Waals surface area contributed by atoms with E-state index in [-0.39, 0.29) is 17.2 Å². The van der Waals surface area contributed by atoms with Crippen LogP contribution in [-0.4, -0.2) is 27.2 Å². The number of nitrogens with one attached hydrogen (secondary N) is 1. The van der Waals surface area contributed by atoms with E-state index in [2.05, 4.69) is 15.4 Å². The molecular weight excluding hydrogens is 230 g/mol. The lowest BCUT2D eigenvalue weighted by Crippen LogP contribution is -2.23. The molecule has 0 fully saturated rings. The summed E-state index contributed by atoms with van der Waals surface area (Å²) < 4.78 is 1.35. The van der Waals surface area contributed by atoms with Crippen molar-refractivity contribution in [2.45, 2.75) is 6.92 Å². The number of carbonyl (C=O) groups excluding carboxylic acids is 1. The quantitative estimate of drug-likeness (QED) is 0.864. The van der Waals surface area contributed by atoms with Crippen molar-refractivity contribution in [3.05, 3.63) is 41.9 Å². The van der Waals surface area contributed by atoms with E-state index in [1.165, 1.54) is 10.9 Å². The molecule has 18 heavy (non-hydrogen) atoms. The third-order valence-electron chi connectivity index (χ3n) is 2.32. The van der Waals surface area contributed by atoms with Crippen LogP contribution in [-0.2, 0) is 0 Å². The van der Waals surface area contributed by atoms with E-state index >= 15 is 0 Å². The molecule has 2 heterocycles. The Bertz CT molecular complexity index is 597. The van der Waals surface area contributed by atoms with Gasteiger partial charge in [-0.3, -0.25) is 4.79 Å². The number of amides is 1. The van der Waals surface area contributed by atoms with E-state index in [9.17, 15) is 4.79 Å². The van der Waals surface area contributed by atoms with Gasteiger partial charge in [-0.2, -0.15) is 10.4 Å². The Hall–Kier alpha value is -2.68. The lowest BCUT2D eigenvalue weighted by molar-refractivity contribution is 0.0955. The van der Waals surface area contributed by atoms with Crippen molar-refractivity contribution in [2.24, 2.45) is 0 Å². The summed E-state index contributed by atoms with van der Waals surface area (Å²) in [4.78, 5) is 15.8. The van der Waals surface area contributed by atoms with Gasteiger partial charge in [0, 0.05) is 12.7 Å². The Morgan fingerprint density at radius 1 is 1.56 bits per heavy atom. The highest BCUT2D eigenvalue weighted by Gasteiger charge is 2.17. The molecule has 2 aromatic heterocycles. The largest absolute Gasteiger partial charge is 0.352 e. The topological polar surface area (TPSA) is 83.6 Å². The average Bonchev–Trinajstić information content (AvgIpc) is 2.83. The minimum atomic E-state index is -0.309. The monoisotopic (exact) mass is 241 g/mol. The molecule has 0 aliphatic heterocycles. The van der Waals surface area contributed by atoms with Gasteiger partial charge < -0.3 is 5.32 Å². The first kappa shape index (κ1) is 11.8. The van der Waals surface area contributed by atoms with Gasteiger partial charge in [0.25, 0.3) is 5.91 Å². The molecule has 0 saturated carbocycles. The number of carbonyl (C=O) groups is 1. The molecule has 0 aliphatic carbocycles. The molecule has 0 radical (unpaired) electrons. The number of pyridine rings is 1. The van der Waals surface area contributed by atoms with Crippen molar-refractivity contribution in [3.8, 4) is 11.9 Å². The first-order valence-corrected chi connectivity index (χ1v) is 5.45. The van der Waals surface area contributed by atoms with Crippen LogP contribution in [0.15, 0.2) is 30.6 Å². The molecule has 1 N–H and O–H groups in total. The van der Waals surface area contributed by atoms with Crippen LogP contribution in [0, 0.1) is 11.3 Å². The van der Waals surface area contributed by atoms with Gasteiger partial charge in [0.1, 0.15) is 6.07 Å². The second-order valence-electron chi connectivity index (χ2n) is 3.48. The molecule has 0 aliphatic rings. The highest BCUT2D eigenvalue weighted by Crippen LogP contribution is 2.12. The van der Waals surface area contributed by atoms with E-state index in [1.807, 2.05) is 13.0 Å². The second kappa shape index (κ2) is 5.10. The highest BCUT2D eigenvalue weighted by atomic mass is 16.1. The van der Waals surface area contributed by atoms with Crippen molar-refractivity contribution < 1.29 is 4.79 Å². The standard InChI is InChI=1S/C12H11N5O/c1-2-14-12(18)9-8-16-17(10(9)7-13)11-5-3-4-6-15-11/h3-6,8H,2H2,1H3,(H,14,18). The first-order valence-electron chi connectivity index (χ1n) is 5.45. The Kier molecular flexibility index (Phi) is 3.34. The third-order valence-corrected chi connectivity index (χ3v) is 2.32. The number of hydrogen-bond acceptors (Lipinski definition) is 4. The molecule has 2 aromatic rings. The van der Waals surface area contributed by atoms with Crippen LogP contribution >= 0.6 is 0 Å². The molecule has 0 atom stereocenters. The fraction of sp³-hybridized carbons (Fsp3) is 0.167. The molecular formula is C12H11N5O. The van der Waals surface area contributed by atoms with Gasteiger partial charge in [0.15, 0.2) is 11.5 Å². The van der Waals surface area contributed by atoms with E-state index in [0.29, 0.717) is 12.4 Å². The van der Waals surface area contributed by atoms with E-state index in [0.717, 1.165) is 0 Å². The van der Waals surface area contributed by atoms with E-state index in [1.54, 1.807) is 24.4 Å². The molecule has 0 saturated heterocycles. The predicted molar refractivity (Wildman–Crippen MR) is 64.1 cm³/mol. The van der Waals surface area contributed by atoms with Crippen LogP contribution in [0.4, 0.5) is 0 Å². The molecule has 0 spiro atoms. The zero-order valence-electron chi connectivity index (χ0n) is 9.79. The highest BCUT2D eigenvalue weighted by molar-refractivity contribution is 5.96. The summed E-state index contributed by atoms with van der Waals surface area (Å²) in [5.74, 6) is 0.195. The van der Waals surface area contributed by atoms with E-state index < -0.39 is 0 Å². The van der Waals surface area contributed by atoms with Crippen LogP contribution in [0.1, 0.15) is 23.0 Å². The summed E-state index contributed by atoms with van der Waals surface area (Å²) >= 11 is 0. The van der Waals surface area contributed by atoms with Crippen LogP contribution < -0.4 is 5.32 Å². The molecule has 90 valence electrons. The molecule has 0 bridgehead atoms. The molecule has 6 nitrogen and oxygen atoms in total. The summed E-state index contributed by atoms with van der Waals surface area (Å²) in [6, 6.07) is 7.26. The van der Waals surface area contributed by atoms with E-state index in [4.69, 9.17) is 5.26 Å². The Morgan fingerprint density at radius 2 is 2.39 bits per heavy atom. The van der Waals surface area contributed by atoms with Crippen molar-refractivity contribution in [3.63, 3.8) is 0 Å². The summed E-state index contributed by atoms with van der Waals surface area (Å²) in [6.45, 7) is 2.31. The summed E-state index contributed by atoms with van der Waals surface area (Å²) in [5, 5.41) is 15.8. The SMILES string of the molecule is CCNC(=O)c1cnn(-c2ccccn2)c1C#N. The molecule has 1 amide bonds. The van der Waals surface area contributed by atoms with Crippen LogP contribution in [0.25, 0.3) is 5.82 Å². The molecule has 0 aromatic carbocycles. The Labute approximate surface area is 104 Å². The van der Waals surface area contributed by atoms with Gasteiger partial charge >= 0.3 is 0 Å². The van der Waals surface area contributed by atoms with Crippen molar-refractivity contribution in [2.75, 3.05) is 6.54 Å². The average molecular weight is 241 g/mol. The molecule has 6 heteroatoms. The summed E-state index contributed by atoms with van der Waals surface area (Å²) in [6.07, 6.45) is 2.97. The zero-order valence-corrected chi connectivity index (χ0v) is 9.79. The predicted octanol–water partition coefficient (Wildman–Crippen LogP) is 0.889. The number of aromatic nitrogens is 3. The number of nitrogens with zero attached hydrogens (tertiary/aromatic N) is 4. The maximum Gasteiger partial charge on any atom is 0.255 e. The Morgan fingerprint density at radius 3 is 3.00 bits per heavy atom. The van der Waals surface area contributed by atoms with Crippen LogP contribution in [0.5, 0.6) is 0 Å². The first-order chi connectivity index (χ1) is 8.77. The zero-order chi connectivity index (χ0) is 13.0. The van der Waals surface area contributed by atoms with Gasteiger partial charge in [0.05, 0.1) is 11.8 Å². The number of hydrogen-bond donors (Lipinski definition) is 1. The summed E-state index contributed by atoms with van der Waals surface area (Å²) in [5.41, 5.74) is 0.435. The normalized spacial score (nSPS) is 9.78. The molecule has 2 rings (SSSR count). The summed E-state index contributed by atoms with van der Waals surface area (Å²) in [7, 11) is 0. The third kappa shape index (κ3) is 2.06. The minimum Gasteiger partial charge on any atom is -0.352 e. The lowest BCUT2D eigenvalue weighted by atomic mass is 10.2. The van der Waals surface area contributed by atoms with Gasteiger partial charge in [-0.05, 0) is 19.1 Å². The van der Waals surface area contributed by atoms with Gasteiger partial charge in [0.2, 0.25) is 0 Å². The fourth-order valence-corrected chi connectivity index (χ4v) is 1.53. The van der Waals surface area contributed by atoms with Crippen molar-refractivity contribution >= 4 is 5.91 Å². The van der Waals surface area contributed by atoms with Crippen molar-refractivity contribution in [1.29, 1.82) is 5.26 Å². The minimum absolute atomic E-state index is 0.180. The second-order valence-corrected chi connectivity index (χ2v) is 3.48. The lowest BCUT2D eigenvalue weighted by Gasteiger charge is -2.02. The van der Waals surface area contributed by atoms with Gasteiger partial charge in [-0.25, -0.2) is 9.67 Å². The van der Waals surface area contributed by atoms with Crippen LogP contribution in [0.2, 0.25) is 0 Å². The van der Waals surface area contributed by atoms with Crippen LogP contribution in [0.3, 0.4) is 0 Å².